The minimum atomic E-state index is -0.913. The molecule has 2 rings (SSSR count). The number of para-hydroxylation sites is 1. The Balaban J connectivity index is 2.23. The molecule has 0 saturated heterocycles. The van der Waals surface area contributed by atoms with Crippen molar-refractivity contribution in [1.82, 2.24) is 9.78 Å². The van der Waals surface area contributed by atoms with Crippen molar-refractivity contribution in [2.45, 2.75) is 32.9 Å². The Kier molecular flexibility index (Phi) is 4.40. The summed E-state index contributed by atoms with van der Waals surface area (Å²) >= 11 is 0. The van der Waals surface area contributed by atoms with Gasteiger partial charge in [-0.2, -0.15) is 5.10 Å². The Hall–Kier alpha value is -2.30. The van der Waals surface area contributed by atoms with Crippen LogP contribution in [0.4, 0.5) is 5.69 Å². The number of anilines is 1. The predicted molar refractivity (Wildman–Crippen MR) is 77.7 cm³/mol. The van der Waals surface area contributed by atoms with Gasteiger partial charge in [-0.1, -0.05) is 25.1 Å². The van der Waals surface area contributed by atoms with Gasteiger partial charge in [-0.3, -0.25) is 4.68 Å². The first kappa shape index (κ1) is 14.1. The molecule has 0 aliphatic rings. The molecule has 0 saturated carbocycles. The third-order valence-corrected chi connectivity index (χ3v) is 3.13. The maximum absolute atomic E-state index is 11.5. The zero-order valence-electron chi connectivity index (χ0n) is 11.7. The number of aromatic nitrogens is 2. The molecular weight excluding hydrogens is 254 g/mol. The van der Waals surface area contributed by atoms with E-state index in [0.29, 0.717) is 5.56 Å². The number of carboxylic acid groups (broad SMARTS) is 1. The Morgan fingerprint density at radius 1 is 1.45 bits per heavy atom. The number of rotatable bonds is 6. The van der Waals surface area contributed by atoms with Crippen LogP contribution in [0.5, 0.6) is 0 Å². The number of nitrogens with one attached hydrogen (secondary N) is 1. The Morgan fingerprint density at radius 3 is 2.85 bits per heavy atom. The number of nitrogens with zero attached hydrogens (tertiary/aromatic N) is 2. The molecule has 0 spiro atoms. The number of benzene rings is 1. The zero-order valence-corrected chi connectivity index (χ0v) is 11.7. The second-order valence-electron chi connectivity index (χ2n) is 4.77. The second kappa shape index (κ2) is 6.23. The highest BCUT2D eigenvalue weighted by Gasteiger charge is 2.21. The number of carbonyl (C=O) groups is 1. The Labute approximate surface area is 118 Å². The molecular formula is C15H19N3O2. The lowest BCUT2D eigenvalue weighted by molar-refractivity contribution is -0.138. The molecule has 1 atom stereocenters. The maximum atomic E-state index is 11.5. The summed E-state index contributed by atoms with van der Waals surface area (Å²) in [4.78, 5) is 11.5. The molecule has 5 heteroatoms. The van der Waals surface area contributed by atoms with E-state index in [-0.39, 0.29) is 0 Å². The third kappa shape index (κ3) is 3.17. The summed E-state index contributed by atoms with van der Waals surface area (Å²) in [6.45, 7) is 4.79. The lowest BCUT2D eigenvalue weighted by atomic mass is 10.1. The summed E-state index contributed by atoms with van der Waals surface area (Å²) in [6.07, 6.45) is 4.36. The molecule has 0 bridgehead atoms. The molecule has 0 fully saturated rings. The topological polar surface area (TPSA) is 67.2 Å². The summed E-state index contributed by atoms with van der Waals surface area (Å²) in [5.74, 6) is -0.913. The van der Waals surface area contributed by atoms with Crippen molar-refractivity contribution in [3.8, 4) is 0 Å². The van der Waals surface area contributed by atoms with Crippen LogP contribution >= 0.6 is 0 Å². The third-order valence-electron chi connectivity index (χ3n) is 3.13. The van der Waals surface area contributed by atoms with Gasteiger partial charge in [0.05, 0.1) is 6.20 Å². The standard InChI is InChI=1S/C15H19N3O2/c1-3-8-18-10-12(9-16-18)14(15(19)20)17-13-7-5-4-6-11(13)2/h4-7,9-10,14,17H,3,8H2,1-2H3,(H,19,20). The van der Waals surface area contributed by atoms with Gasteiger partial charge in [0.25, 0.3) is 0 Å². The first-order valence-corrected chi connectivity index (χ1v) is 6.69. The van der Waals surface area contributed by atoms with Crippen LogP contribution < -0.4 is 5.32 Å². The van der Waals surface area contributed by atoms with E-state index < -0.39 is 12.0 Å². The van der Waals surface area contributed by atoms with Crippen molar-refractivity contribution in [3.05, 3.63) is 47.8 Å². The van der Waals surface area contributed by atoms with Crippen LogP contribution in [0.15, 0.2) is 36.7 Å². The normalized spacial score (nSPS) is 12.1. The van der Waals surface area contributed by atoms with E-state index in [0.717, 1.165) is 24.2 Å². The average molecular weight is 273 g/mol. The zero-order chi connectivity index (χ0) is 14.5. The van der Waals surface area contributed by atoms with E-state index in [4.69, 9.17) is 0 Å². The molecule has 2 N–H and O–H groups in total. The highest BCUT2D eigenvalue weighted by molar-refractivity contribution is 5.79. The van der Waals surface area contributed by atoms with E-state index in [9.17, 15) is 9.90 Å². The molecule has 2 aromatic rings. The van der Waals surface area contributed by atoms with Gasteiger partial charge >= 0.3 is 5.97 Å². The van der Waals surface area contributed by atoms with Crippen molar-refractivity contribution >= 4 is 11.7 Å². The summed E-state index contributed by atoms with van der Waals surface area (Å²) < 4.78 is 1.77. The smallest absolute Gasteiger partial charge is 0.330 e. The molecule has 1 unspecified atom stereocenters. The van der Waals surface area contributed by atoms with E-state index in [2.05, 4.69) is 17.3 Å². The monoisotopic (exact) mass is 273 g/mol. The number of hydrogen-bond acceptors (Lipinski definition) is 3. The highest BCUT2D eigenvalue weighted by Crippen LogP contribution is 2.22. The molecule has 0 amide bonds. The van der Waals surface area contributed by atoms with Crippen LogP contribution in [0, 0.1) is 6.92 Å². The van der Waals surface area contributed by atoms with Gasteiger partial charge in [-0.25, -0.2) is 4.79 Å². The van der Waals surface area contributed by atoms with Crippen LogP contribution in [-0.2, 0) is 11.3 Å². The summed E-state index contributed by atoms with van der Waals surface area (Å²) in [6, 6.07) is 6.84. The lowest BCUT2D eigenvalue weighted by Crippen LogP contribution is -2.20. The van der Waals surface area contributed by atoms with Crippen molar-refractivity contribution < 1.29 is 9.90 Å². The van der Waals surface area contributed by atoms with E-state index in [1.165, 1.54) is 0 Å². The number of aliphatic carboxylic acids is 1. The highest BCUT2D eigenvalue weighted by atomic mass is 16.4. The molecule has 5 nitrogen and oxygen atoms in total. The number of aryl methyl sites for hydroxylation is 2. The second-order valence-corrected chi connectivity index (χ2v) is 4.77. The lowest BCUT2D eigenvalue weighted by Gasteiger charge is -2.16. The molecule has 0 aliphatic carbocycles. The number of carboxylic acids is 1. The first-order chi connectivity index (χ1) is 9.61. The first-order valence-electron chi connectivity index (χ1n) is 6.69. The van der Waals surface area contributed by atoms with Gasteiger partial charge < -0.3 is 10.4 Å². The summed E-state index contributed by atoms with van der Waals surface area (Å²) in [5, 5.41) is 16.7. The Bertz CT molecular complexity index is 592. The minimum Gasteiger partial charge on any atom is -0.479 e. The molecule has 1 aromatic carbocycles. The Morgan fingerprint density at radius 2 is 2.20 bits per heavy atom. The number of hydrogen-bond donors (Lipinski definition) is 2. The summed E-state index contributed by atoms with van der Waals surface area (Å²) in [5.41, 5.74) is 2.50. The van der Waals surface area contributed by atoms with Crippen LogP contribution in [0.3, 0.4) is 0 Å². The van der Waals surface area contributed by atoms with Crippen molar-refractivity contribution in [2.24, 2.45) is 0 Å². The fraction of sp³-hybridized carbons (Fsp3) is 0.333. The van der Waals surface area contributed by atoms with Crippen LogP contribution in [-0.4, -0.2) is 20.9 Å². The average Bonchev–Trinajstić information content (AvgIpc) is 2.86. The van der Waals surface area contributed by atoms with Crippen molar-refractivity contribution in [1.29, 1.82) is 0 Å². The fourth-order valence-electron chi connectivity index (χ4n) is 2.06. The molecule has 106 valence electrons. The van der Waals surface area contributed by atoms with Gasteiger partial charge in [0.2, 0.25) is 0 Å². The SMILES string of the molecule is CCCn1cc(C(Nc2ccccc2C)C(=O)O)cn1. The maximum Gasteiger partial charge on any atom is 0.330 e. The predicted octanol–water partition coefficient (Wildman–Crippen LogP) is 2.84. The quantitative estimate of drug-likeness (QED) is 0.849. The fourth-order valence-corrected chi connectivity index (χ4v) is 2.06. The molecule has 0 radical (unpaired) electrons. The molecule has 0 aliphatic heterocycles. The molecule has 1 heterocycles. The summed E-state index contributed by atoms with van der Waals surface area (Å²) in [7, 11) is 0. The van der Waals surface area contributed by atoms with E-state index >= 15 is 0 Å². The van der Waals surface area contributed by atoms with Gasteiger partial charge in [-0.05, 0) is 25.0 Å². The largest absolute Gasteiger partial charge is 0.479 e. The molecule has 20 heavy (non-hydrogen) atoms. The van der Waals surface area contributed by atoms with E-state index in [1.54, 1.807) is 17.1 Å². The molecule has 1 aromatic heterocycles. The van der Waals surface area contributed by atoms with Gasteiger partial charge in [-0.15, -0.1) is 0 Å². The van der Waals surface area contributed by atoms with Crippen LogP contribution in [0.25, 0.3) is 0 Å². The van der Waals surface area contributed by atoms with Gasteiger partial charge in [0.15, 0.2) is 6.04 Å². The van der Waals surface area contributed by atoms with Crippen LogP contribution in [0.1, 0.15) is 30.5 Å². The van der Waals surface area contributed by atoms with Crippen LogP contribution in [0.2, 0.25) is 0 Å². The minimum absolute atomic E-state index is 0.661. The van der Waals surface area contributed by atoms with Crippen molar-refractivity contribution in [2.75, 3.05) is 5.32 Å². The van der Waals surface area contributed by atoms with Gasteiger partial charge in [0.1, 0.15) is 0 Å². The van der Waals surface area contributed by atoms with E-state index in [1.807, 2.05) is 31.2 Å². The van der Waals surface area contributed by atoms with Crippen molar-refractivity contribution in [3.63, 3.8) is 0 Å². The van der Waals surface area contributed by atoms with Gasteiger partial charge in [0, 0.05) is 24.0 Å².